The van der Waals surface area contributed by atoms with Crippen molar-refractivity contribution in [1.29, 1.82) is 0 Å². The Kier molecular flexibility index (Phi) is 6.26. The molecule has 0 fully saturated rings. The van der Waals surface area contributed by atoms with E-state index in [1.165, 1.54) is 6.33 Å². The zero-order chi connectivity index (χ0) is 17.4. The van der Waals surface area contributed by atoms with Gasteiger partial charge in [-0.2, -0.15) is 0 Å². The van der Waals surface area contributed by atoms with Crippen molar-refractivity contribution in [3.8, 4) is 5.75 Å². The molecule has 1 aromatic heterocycles. The van der Waals surface area contributed by atoms with E-state index in [0.717, 1.165) is 0 Å². The fourth-order valence-electron chi connectivity index (χ4n) is 2.02. The topological polar surface area (TPSA) is 111 Å². The molecule has 9 heteroatoms. The molecule has 128 valence electrons. The molecule has 0 spiro atoms. The summed E-state index contributed by atoms with van der Waals surface area (Å²) in [6.45, 7) is 3.14. The average Bonchev–Trinajstić information content (AvgIpc) is 2.57. The first-order chi connectivity index (χ1) is 11.7. The van der Waals surface area contributed by atoms with Crippen molar-refractivity contribution in [2.24, 2.45) is 0 Å². The van der Waals surface area contributed by atoms with Gasteiger partial charge in [0.15, 0.2) is 0 Å². The van der Waals surface area contributed by atoms with E-state index in [-0.39, 0.29) is 17.3 Å². The number of hydrogen-bond donors (Lipinski definition) is 2. The van der Waals surface area contributed by atoms with Crippen LogP contribution in [0.1, 0.15) is 6.92 Å². The maximum Gasteiger partial charge on any atom is 0.353 e. The van der Waals surface area contributed by atoms with Crippen molar-refractivity contribution in [1.82, 2.24) is 9.97 Å². The van der Waals surface area contributed by atoms with E-state index in [2.05, 4.69) is 20.6 Å². The zero-order valence-corrected chi connectivity index (χ0v) is 13.5. The van der Waals surface area contributed by atoms with E-state index in [1.54, 1.807) is 25.3 Å². The maximum atomic E-state index is 11.5. The Labute approximate surface area is 139 Å². The molecular formula is C15H19N5O4. The van der Waals surface area contributed by atoms with Crippen LogP contribution < -0.4 is 15.4 Å². The highest BCUT2D eigenvalue weighted by molar-refractivity contribution is 5.75. The number of hydrogen-bond acceptors (Lipinski definition) is 8. The molecule has 0 aliphatic heterocycles. The molecule has 0 saturated heterocycles. The molecule has 2 N–H and O–H groups in total. The van der Waals surface area contributed by atoms with Crippen molar-refractivity contribution in [3.63, 3.8) is 0 Å². The second kappa shape index (κ2) is 8.63. The number of anilines is 3. The Morgan fingerprint density at radius 3 is 2.71 bits per heavy atom. The standard InChI is InChI=1S/C15H19N5O4/c1-3-24-12-7-5-4-6-11(12)19-15-13(20(21)22)14(17-10-18-15)16-8-9-23-2/h4-7,10H,3,8-9H2,1-2H3,(H2,16,17,18,19). The minimum absolute atomic E-state index is 0.0852. The summed E-state index contributed by atoms with van der Waals surface area (Å²) in [6.07, 6.45) is 1.26. The van der Waals surface area contributed by atoms with Gasteiger partial charge in [-0.1, -0.05) is 12.1 Å². The van der Waals surface area contributed by atoms with Gasteiger partial charge >= 0.3 is 5.69 Å². The number of benzene rings is 1. The summed E-state index contributed by atoms with van der Waals surface area (Å²) in [4.78, 5) is 18.9. The molecule has 0 bridgehead atoms. The third-order valence-electron chi connectivity index (χ3n) is 3.04. The van der Waals surface area contributed by atoms with Crippen molar-refractivity contribution in [2.75, 3.05) is 37.5 Å². The third kappa shape index (κ3) is 4.29. The molecule has 2 rings (SSSR count). The van der Waals surface area contributed by atoms with E-state index in [0.29, 0.717) is 31.2 Å². The van der Waals surface area contributed by atoms with Crippen molar-refractivity contribution < 1.29 is 14.4 Å². The quantitative estimate of drug-likeness (QED) is 0.409. The zero-order valence-electron chi connectivity index (χ0n) is 13.5. The monoisotopic (exact) mass is 333 g/mol. The molecule has 0 aliphatic carbocycles. The predicted molar refractivity (Wildman–Crippen MR) is 89.9 cm³/mol. The number of methoxy groups -OCH3 is 1. The fraction of sp³-hybridized carbons (Fsp3) is 0.333. The number of nitrogens with one attached hydrogen (secondary N) is 2. The summed E-state index contributed by atoms with van der Waals surface area (Å²) >= 11 is 0. The Morgan fingerprint density at radius 2 is 2.00 bits per heavy atom. The van der Waals surface area contributed by atoms with Crippen molar-refractivity contribution in [3.05, 3.63) is 40.7 Å². The molecule has 0 amide bonds. The molecule has 2 aromatic rings. The van der Waals surface area contributed by atoms with Gasteiger partial charge < -0.3 is 20.1 Å². The lowest BCUT2D eigenvalue weighted by Gasteiger charge is -2.13. The lowest BCUT2D eigenvalue weighted by Crippen LogP contribution is -2.12. The molecule has 24 heavy (non-hydrogen) atoms. The van der Waals surface area contributed by atoms with E-state index < -0.39 is 4.92 Å². The first kappa shape index (κ1) is 17.4. The minimum atomic E-state index is -0.527. The minimum Gasteiger partial charge on any atom is -0.492 e. The summed E-state index contributed by atoms with van der Waals surface area (Å²) in [5.74, 6) is 0.798. The highest BCUT2D eigenvalue weighted by Crippen LogP contribution is 2.34. The number of nitro groups is 1. The molecular weight excluding hydrogens is 314 g/mol. The van der Waals surface area contributed by atoms with Crippen LogP contribution in [-0.2, 0) is 4.74 Å². The second-order valence-corrected chi connectivity index (χ2v) is 4.65. The Morgan fingerprint density at radius 1 is 1.25 bits per heavy atom. The van der Waals surface area contributed by atoms with Crippen LogP contribution in [0.15, 0.2) is 30.6 Å². The van der Waals surface area contributed by atoms with E-state index in [9.17, 15) is 10.1 Å². The first-order valence-electron chi connectivity index (χ1n) is 7.38. The van der Waals surface area contributed by atoms with Crippen molar-refractivity contribution >= 4 is 23.0 Å². The first-order valence-corrected chi connectivity index (χ1v) is 7.38. The fourth-order valence-corrected chi connectivity index (χ4v) is 2.02. The normalized spacial score (nSPS) is 10.2. The number of nitrogens with zero attached hydrogens (tertiary/aromatic N) is 3. The van der Waals surface area contributed by atoms with Gasteiger partial charge in [-0.05, 0) is 19.1 Å². The summed E-state index contributed by atoms with van der Waals surface area (Å²) in [7, 11) is 1.55. The van der Waals surface area contributed by atoms with Crippen LogP contribution in [0.5, 0.6) is 5.75 Å². The van der Waals surface area contributed by atoms with Crippen LogP contribution in [0.25, 0.3) is 0 Å². The van der Waals surface area contributed by atoms with Gasteiger partial charge in [-0.15, -0.1) is 0 Å². The second-order valence-electron chi connectivity index (χ2n) is 4.65. The molecule has 0 unspecified atom stereocenters. The number of rotatable bonds is 9. The number of aromatic nitrogens is 2. The smallest absolute Gasteiger partial charge is 0.353 e. The highest BCUT2D eigenvalue weighted by atomic mass is 16.6. The van der Waals surface area contributed by atoms with Crippen LogP contribution in [0.2, 0.25) is 0 Å². The SMILES string of the molecule is CCOc1ccccc1Nc1ncnc(NCCOC)c1[N+](=O)[O-]. The molecule has 0 atom stereocenters. The van der Waals surface area contributed by atoms with Crippen LogP contribution in [0.3, 0.4) is 0 Å². The van der Waals surface area contributed by atoms with Gasteiger partial charge in [0.05, 0.1) is 23.8 Å². The van der Waals surface area contributed by atoms with Crippen LogP contribution in [0.4, 0.5) is 23.0 Å². The molecule has 0 saturated carbocycles. The Balaban J connectivity index is 2.33. The Hall–Kier alpha value is -2.94. The number of ether oxygens (including phenoxy) is 2. The predicted octanol–water partition coefficient (Wildman–Crippen LogP) is 2.59. The molecule has 1 heterocycles. The van der Waals surface area contributed by atoms with Crippen LogP contribution in [-0.4, -0.2) is 41.8 Å². The summed E-state index contributed by atoms with van der Waals surface area (Å²) < 4.78 is 10.4. The van der Waals surface area contributed by atoms with E-state index in [1.807, 2.05) is 13.0 Å². The van der Waals surface area contributed by atoms with Gasteiger partial charge in [-0.3, -0.25) is 10.1 Å². The average molecular weight is 333 g/mol. The van der Waals surface area contributed by atoms with E-state index >= 15 is 0 Å². The Bertz CT molecular complexity index is 695. The van der Waals surface area contributed by atoms with Gasteiger partial charge in [0, 0.05) is 13.7 Å². The van der Waals surface area contributed by atoms with Crippen LogP contribution in [0, 0.1) is 10.1 Å². The highest BCUT2D eigenvalue weighted by Gasteiger charge is 2.23. The molecule has 0 radical (unpaired) electrons. The third-order valence-corrected chi connectivity index (χ3v) is 3.04. The van der Waals surface area contributed by atoms with Crippen LogP contribution >= 0.6 is 0 Å². The van der Waals surface area contributed by atoms with Crippen molar-refractivity contribution in [2.45, 2.75) is 6.92 Å². The summed E-state index contributed by atoms with van der Waals surface area (Å²) in [6, 6.07) is 7.16. The lowest BCUT2D eigenvalue weighted by atomic mass is 10.3. The van der Waals surface area contributed by atoms with Gasteiger partial charge in [0.1, 0.15) is 12.1 Å². The molecule has 9 nitrogen and oxygen atoms in total. The molecule has 0 aliphatic rings. The lowest BCUT2D eigenvalue weighted by molar-refractivity contribution is -0.383. The summed E-state index contributed by atoms with van der Waals surface area (Å²) in [5, 5.41) is 17.3. The van der Waals surface area contributed by atoms with E-state index in [4.69, 9.17) is 9.47 Å². The largest absolute Gasteiger partial charge is 0.492 e. The van der Waals surface area contributed by atoms with Gasteiger partial charge in [0.25, 0.3) is 0 Å². The van der Waals surface area contributed by atoms with Gasteiger partial charge in [0.2, 0.25) is 11.6 Å². The maximum absolute atomic E-state index is 11.5. The summed E-state index contributed by atoms with van der Waals surface area (Å²) in [5.41, 5.74) is 0.351. The molecule has 1 aromatic carbocycles. The number of para-hydroxylation sites is 2. The van der Waals surface area contributed by atoms with Gasteiger partial charge in [-0.25, -0.2) is 9.97 Å².